The average molecular weight is 291 g/mol. The third-order valence-corrected chi connectivity index (χ3v) is 2.88. The van der Waals surface area contributed by atoms with Crippen molar-refractivity contribution >= 4 is 11.7 Å². The van der Waals surface area contributed by atoms with E-state index in [1.54, 1.807) is 30.3 Å². The van der Waals surface area contributed by atoms with Gasteiger partial charge in [0.15, 0.2) is 11.8 Å². The van der Waals surface area contributed by atoms with Gasteiger partial charge in [-0.15, -0.1) is 0 Å². The maximum Gasteiger partial charge on any atom is 0.358 e. The van der Waals surface area contributed by atoms with Crippen molar-refractivity contribution in [2.24, 2.45) is 5.16 Å². The third-order valence-electron chi connectivity index (χ3n) is 2.88. The Morgan fingerprint density at radius 1 is 1.48 bits per heavy atom. The van der Waals surface area contributed by atoms with Crippen LogP contribution in [0.25, 0.3) is 0 Å². The minimum Gasteiger partial charge on any atom is -0.490 e. The van der Waals surface area contributed by atoms with E-state index in [4.69, 9.17) is 14.3 Å². The molecule has 2 rings (SSSR count). The van der Waals surface area contributed by atoms with Crippen LogP contribution >= 0.6 is 0 Å². The van der Waals surface area contributed by atoms with Crippen molar-refractivity contribution in [3.63, 3.8) is 0 Å². The molecule has 21 heavy (non-hydrogen) atoms. The van der Waals surface area contributed by atoms with Crippen LogP contribution in [0.5, 0.6) is 5.75 Å². The van der Waals surface area contributed by atoms with Crippen molar-refractivity contribution in [1.82, 2.24) is 0 Å². The molecule has 1 aromatic rings. The lowest BCUT2D eigenvalue weighted by atomic mass is 10.1. The molecule has 0 spiro atoms. The van der Waals surface area contributed by atoms with Crippen LogP contribution in [0.2, 0.25) is 0 Å². The number of carbonyl (C=O) groups is 1. The van der Waals surface area contributed by atoms with Crippen molar-refractivity contribution < 1.29 is 24.2 Å². The summed E-state index contributed by atoms with van der Waals surface area (Å²) in [5.74, 6) is -0.512. The minimum absolute atomic E-state index is 0.142. The summed E-state index contributed by atoms with van der Waals surface area (Å²) in [6.07, 6.45) is 2.16. The van der Waals surface area contributed by atoms with E-state index in [9.17, 15) is 9.90 Å². The molecule has 0 aliphatic carbocycles. The lowest BCUT2D eigenvalue weighted by molar-refractivity contribution is -0.129. The second kappa shape index (κ2) is 7.44. The van der Waals surface area contributed by atoms with Crippen molar-refractivity contribution in [3.05, 3.63) is 42.5 Å². The first kappa shape index (κ1) is 15.1. The number of carboxylic acid groups (broad SMARTS) is 1. The Labute approximate surface area is 122 Å². The van der Waals surface area contributed by atoms with Gasteiger partial charge in [-0.25, -0.2) is 4.79 Å². The zero-order valence-corrected chi connectivity index (χ0v) is 11.5. The largest absolute Gasteiger partial charge is 0.490 e. The highest BCUT2D eigenvalue weighted by Gasteiger charge is 2.19. The van der Waals surface area contributed by atoms with Crippen LogP contribution < -0.4 is 4.74 Å². The highest BCUT2D eigenvalue weighted by Crippen LogP contribution is 2.14. The second-order valence-electron chi connectivity index (χ2n) is 4.46. The molecule has 0 saturated carbocycles. The van der Waals surface area contributed by atoms with Crippen molar-refractivity contribution in [2.75, 3.05) is 19.8 Å². The van der Waals surface area contributed by atoms with Gasteiger partial charge in [0.05, 0.1) is 13.2 Å². The van der Waals surface area contributed by atoms with Gasteiger partial charge in [-0.05, 0) is 24.3 Å². The van der Waals surface area contributed by atoms with Crippen molar-refractivity contribution in [1.29, 1.82) is 0 Å². The predicted molar refractivity (Wildman–Crippen MR) is 76.6 cm³/mol. The molecule has 6 heteroatoms. The summed E-state index contributed by atoms with van der Waals surface area (Å²) in [5, 5.41) is 13.0. The van der Waals surface area contributed by atoms with Gasteiger partial charge in [-0.1, -0.05) is 17.8 Å². The highest BCUT2D eigenvalue weighted by molar-refractivity contribution is 6.42. The Hall–Kier alpha value is -2.34. The first-order valence-corrected chi connectivity index (χ1v) is 6.59. The standard InChI is InChI=1S/C15H17NO5/c1-2-8-20-12-5-3-11(4-6-12)14(15(17)18)16-21-13-7-9-19-10-13/h2-6,13H,1,7-10H2,(H,17,18)/b16-14+/t13-/m1/s1. The molecule has 1 aliphatic heterocycles. The van der Waals surface area contributed by atoms with Gasteiger partial charge in [0.2, 0.25) is 0 Å². The average Bonchev–Trinajstić information content (AvgIpc) is 2.99. The molecule has 1 heterocycles. The van der Waals surface area contributed by atoms with E-state index in [1.165, 1.54) is 0 Å². The number of hydrogen-bond donors (Lipinski definition) is 1. The van der Waals surface area contributed by atoms with Crippen molar-refractivity contribution in [3.8, 4) is 5.75 Å². The summed E-state index contributed by atoms with van der Waals surface area (Å²) in [4.78, 5) is 16.5. The van der Waals surface area contributed by atoms with E-state index >= 15 is 0 Å². The summed E-state index contributed by atoms with van der Waals surface area (Å²) >= 11 is 0. The molecule has 0 radical (unpaired) electrons. The lowest BCUT2D eigenvalue weighted by Gasteiger charge is -2.08. The smallest absolute Gasteiger partial charge is 0.358 e. The number of nitrogens with zero attached hydrogens (tertiary/aromatic N) is 1. The third kappa shape index (κ3) is 4.32. The first-order valence-electron chi connectivity index (χ1n) is 6.59. The summed E-state index contributed by atoms with van der Waals surface area (Å²) in [5.41, 5.74) is 0.310. The molecule has 6 nitrogen and oxygen atoms in total. The fourth-order valence-electron chi connectivity index (χ4n) is 1.80. The Morgan fingerprint density at radius 3 is 2.81 bits per heavy atom. The van der Waals surface area contributed by atoms with Crippen LogP contribution in [-0.4, -0.2) is 42.7 Å². The van der Waals surface area contributed by atoms with Gasteiger partial charge >= 0.3 is 5.97 Å². The Bertz CT molecular complexity index is 517. The number of carboxylic acids is 1. The molecule has 0 amide bonds. The molecule has 1 aliphatic rings. The van der Waals surface area contributed by atoms with E-state index in [-0.39, 0.29) is 11.8 Å². The van der Waals surface area contributed by atoms with Crippen LogP contribution in [0.4, 0.5) is 0 Å². The number of hydrogen-bond acceptors (Lipinski definition) is 5. The fraction of sp³-hybridized carbons (Fsp3) is 0.333. The van der Waals surface area contributed by atoms with Crippen molar-refractivity contribution in [2.45, 2.75) is 12.5 Å². The summed E-state index contributed by atoms with van der Waals surface area (Å²) in [6.45, 7) is 5.00. The van der Waals surface area contributed by atoms with Gasteiger partial charge < -0.3 is 19.4 Å². The molecular weight excluding hydrogens is 274 g/mol. The predicted octanol–water partition coefficient (Wildman–Crippen LogP) is 1.85. The number of oxime groups is 1. The van der Waals surface area contributed by atoms with Crippen LogP contribution in [0.3, 0.4) is 0 Å². The normalized spacial score (nSPS) is 18.3. The Morgan fingerprint density at radius 2 is 2.24 bits per heavy atom. The number of benzene rings is 1. The lowest BCUT2D eigenvalue weighted by Crippen LogP contribution is -2.17. The van der Waals surface area contributed by atoms with Gasteiger partial charge in [0.25, 0.3) is 0 Å². The zero-order valence-electron chi connectivity index (χ0n) is 11.5. The molecular formula is C15H17NO5. The molecule has 0 aromatic heterocycles. The monoisotopic (exact) mass is 291 g/mol. The first-order chi connectivity index (χ1) is 10.2. The maximum absolute atomic E-state index is 11.3. The topological polar surface area (TPSA) is 77.3 Å². The van der Waals surface area contributed by atoms with Crippen LogP contribution in [0.1, 0.15) is 12.0 Å². The van der Waals surface area contributed by atoms with Crippen LogP contribution in [-0.2, 0) is 14.4 Å². The Kier molecular flexibility index (Phi) is 5.34. The van der Waals surface area contributed by atoms with E-state index in [0.29, 0.717) is 37.6 Å². The molecule has 1 aromatic carbocycles. The molecule has 1 fully saturated rings. The molecule has 1 saturated heterocycles. The molecule has 0 unspecified atom stereocenters. The maximum atomic E-state index is 11.3. The van der Waals surface area contributed by atoms with E-state index in [0.717, 1.165) is 0 Å². The molecule has 0 bridgehead atoms. The summed E-state index contributed by atoms with van der Waals surface area (Å²) < 4.78 is 10.5. The molecule has 112 valence electrons. The van der Waals surface area contributed by atoms with Gasteiger partial charge in [0, 0.05) is 12.0 Å². The molecule has 1 atom stereocenters. The fourth-order valence-corrected chi connectivity index (χ4v) is 1.80. The van der Waals surface area contributed by atoms with E-state index in [2.05, 4.69) is 11.7 Å². The number of ether oxygens (including phenoxy) is 2. The number of aliphatic carboxylic acids is 1. The summed E-state index contributed by atoms with van der Waals surface area (Å²) in [7, 11) is 0. The number of rotatable bonds is 7. The minimum atomic E-state index is -1.14. The van der Waals surface area contributed by atoms with E-state index < -0.39 is 5.97 Å². The van der Waals surface area contributed by atoms with Gasteiger partial charge in [0.1, 0.15) is 12.4 Å². The Balaban J connectivity index is 2.07. The van der Waals surface area contributed by atoms with Gasteiger partial charge in [-0.2, -0.15) is 0 Å². The summed E-state index contributed by atoms with van der Waals surface area (Å²) in [6, 6.07) is 6.60. The zero-order chi connectivity index (χ0) is 15.1. The highest BCUT2D eigenvalue weighted by atomic mass is 16.7. The quantitative estimate of drug-likeness (QED) is 0.471. The van der Waals surface area contributed by atoms with Crippen LogP contribution in [0.15, 0.2) is 42.1 Å². The SMILES string of the molecule is C=CCOc1ccc(/C(=N\O[C@@H]2CCOC2)C(=O)O)cc1. The van der Waals surface area contributed by atoms with E-state index in [1.807, 2.05) is 0 Å². The van der Waals surface area contributed by atoms with Gasteiger partial charge in [-0.3, -0.25) is 0 Å². The second-order valence-corrected chi connectivity index (χ2v) is 4.46. The molecule has 1 N–H and O–H groups in total. The van der Waals surface area contributed by atoms with Crippen LogP contribution in [0, 0.1) is 0 Å².